The highest BCUT2D eigenvalue weighted by Crippen LogP contribution is 2.11. The van der Waals surface area contributed by atoms with Crippen molar-refractivity contribution >= 4 is 0 Å². The van der Waals surface area contributed by atoms with Crippen LogP contribution in [0.25, 0.3) is 0 Å². The molecule has 0 saturated carbocycles. The van der Waals surface area contributed by atoms with Gasteiger partial charge in [0.25, 0.3) is 5.56 Å². The molecule has 0 aliphatic carbocycles. The molecule has 2 aromatic rings. The van der Waals surface area contributed by atoms with Gasteiger partial charge < -0.3 is 0 Å². The van der Waals surface area contributed by atoms with Gasteiger partial charge in [-0.25, -0.2) is 4.79 Å². The van der Waals surface area contributed by atoms with Crippen LogP contribution in [0, 0.1) is 0 Å². The molecule has 1 aromatic heterocycles. The quantitative estimate of drug-likeness (QED) is 0.843. The summed E-state index contributed by atoms with van der Waals surface area (Å²) in [6, 6.07) is 9.82. The Labute approximate surface area is 117 Å². The second-order valence-electron chi connectivity index (χ2n) is 4.60. The van der Waals surface area contributed by atoms with Crippen LogP contribution >= 0.6 is 0 Å². The predicted octanol–water partition coefficient (Wildman–Crippen LogP) is 1.88. The molecular formula is C16H18N2O2. The summed E-state index contributed by atoms with van der Waals surface area (Å²) in [5.74, 6) is 0. The van der Waals surface area contributed by atoms with Crippen molar-refractivity contribution in [1.82, 2.24) is 9.55 Å². The minimum atomic E-state index is -0.377. The van der Waals surface area contributed by atoms with Gasteiger partial charge >= 0.3 is 5.69 Å². The molecule has 20 heavy (non-hydrogen) atoms. The lowest BCUT2D eigenvalue weighted by molar-refractivity contribution is 0.676. The lowest BCUT2D eigenvalue weighted by Crippen LogP contribution is -2.35. The molecule has 0 spiro atoms. The minimum Gasteiger partial charge on any atom is -0.293 e. The molecule has 0 aliphatic heterocycles. The van der Waals surface area contributed by atoms with Crippen molar-refractivity contribution in [2.45, 2.75) is 26.3 Å². The minimum absolute atomic E-state index is 0.288. The number of H-pyrrole nitrogens is 1. The van der Waals surface area contributed by atoms with E-state index in [-0.39, 0.29) is 11.2 Å². The Kier molecular flexibility index (Phi) is 4.35. The molecule has 2 rings (SSSR count). The van der Waals surface area contributed by atoms with Crippen LogP contribution in [0.3, 0.4) is 0 Å². The number of aromatic nitrogens is 2. The summed E-state index contributed by atoms with van der Waals surface area (Å²) in [6.45, 7) is 5.98. The fraction of sp³-hybridized carbons (Fsp3) is 0.250. The average Bonchev–Trinajstić information content (AvgIpc) is 2.44. The molecule has 1 aromatic carbocycles. The molecule has 0 saturated heterocycles. The van der Waals surface area contributed by atoms with Gasteiger partial charge in [0.1, 0.15) is 0 Å². The fourth-order valence-corrected chi connectivity index (χ4v) is 2.33. The second kappa shape index (κ2) is 6.19. The second-order valence-corrected chi connectivity index (χ2v) is 4.60. The zero-order chi connectivity index (χ0) is 14.5. The van der Waals surface area contributed by atoms with Gasteiger partial charge in [-0.05, 0) is 12.0 Å². The van der Waals surface area contributed by atoms with E-state index in [2.05, 4.69) is 11.6 Å². The van der Waals surface area contributed by atoms with Gasteiger partial charge in [0.15, 0.2) is 0 Å². The number of hydrogen-bond acceptors (Lipinski definition) is 2. The standard InChI is InChI=1S/C16H18N2O2/c1-3-10-18-14(11-12-8-6-5-7-9-12)13(4-2)15(19)17-16(18)20/h3,5-9H,1,4,10-11H2,2H3,(H,17,19,20). The van der Waals surface area contributed by atoms with Crippen LogP contribution in [-0.4, -0.2) is 9.55 Å². The van der Waals surface area contributed by atoms with Crippen LogP contribution in [-0.2, 0) is 19.4 Å². The molecule has 1 N–H and O–H groups in total. The van der Waals surface area contributed by atoms with Crippen molar-refractivity contribution in [2.75, 3.05) is 0 Å². The Morgan fingerprint density at radius 1 is 1.25 bits per heavy atom. The predicted molar refractivity (Wildman–Crippen MR) is 80.1 cm³/mol. The zero-order valence-corrected chi connectivity index (χ0v) is 11.6. The van der Waals surface area contributed by atoms with Crippen molar-refractivity contribution < 1.29 is 0 Å². The monoisotopic (exact) mass is 270 g/mol. The molecule has 4 heteroatoms. The third-order valence-electron chi connectivity index (χ3n) is 3.29. The highest BCUT2D eigenvalue weighted by molar-refractivity contribution is 5.27. The Morgan fingerprint density at radius 3 is 2.55 bits per heavy atom. The Hall–Kier alpha value is -2.36. The maximum Gasteiger partial charge on any atom is 0.328 e. The third kappa shape index (κ3) is 2.79. The highest BCUT2D eigenvalue weighted by Gasteiger charge is 2.13. The molecule has 1 heterocycles. The molecule has 0 aliphatic rings. The van der Waals surface area contributed by atoms with Gasteiger partial charge in [0, 0.05) is 24.2 Å². The van der Waals surface area contributed by atoms with Crippen LogP contribution in [0.5, 0.6) is 0 Å². The molecule has 0 fully saturated rings. The van der Waals surface area contributed by atoms with E-state index in [9.17, 15) is 9.59 Å². The molecule has 4 nitrogen and oxygen atoms in total. The molecular weight excluding hydrogens is 252 g/mol. The Morgan fingerprint density at radius 2 is 1.95 bits per heavy atom. The molecule has 104 valence electrons. The fourth-order valence-electron chi connectivity index (χ4n) is 2.33. The molecule has 0 radical (unpaired) electrons. The first-order chi connectivity index (χ1) is 9.67. The number of allylic oxidation sites excluding steroid dienone is 1. The molecule has 0 unspecified atom stereocenters. The first-order valence-corrected chi connectivity index (χ1v) is 6.67. The molecule has 0 atom stereocenters. The summed E-state index contributed by atoms with van der Waals surface area (Å²) < 4.78 is 1.58. The van der Waals surface area contributed by atoms with E-state index in [1.54, 1.807) is 10.6 Å². The topological polar surface area (TPSA) is 54.9 Å². The van der Waals surface area contributed by atoms with Crippen LogP contribution in [0.15, 0.2) is 52.6 Å². The van der Waals surface area contributed by atoms with E-state index < -0.39 is 0 Å². The lowest BCUT2D eigenvalue weighted by atomic mass is 10.0. The number of nitrogens with zero attached hydrogens (tertiary/aromatic N) is 1. The van der Waals surface area contributed by atoms with Gasteiger partial charge in [-0.2, -0.15) is 0 Å². The number of hydrogen-bond donors (Lipinski definition) is 1. The smallest absolute Gasteiger partial charge is 0.293 e. The van der Waals surface area contributed by atoms with Gasteiger partial charge in [-0.3, -0.25) is 14.3 Å². The van der Waals surface area contributed by atoms with Crippen molar-refractivity contribution in [2.24, 2.45) is 0 Å². The summed E-state index contributed by atoms with van der Waals surface area (Å²) in [5, 5.41) is 0. The normalized spacial score (nSPS) is 10.4. The van der Waals surface area contributed by atoms with Crippen molar-refractivity contribution in [3.8, 4) is 0 Å². The SMILES string of the molecule is C=CCn1c(Cc2ccccc2)c(CC)c(=O)[nH]c1=O. The zero-order valence-electron chi connectivity index (χ0n) is 11.6. The Balaban J connectivity index is 2.61. The van der Waals surface area contributed by atoms with E-state index in [1.807, 2.05) is 37.3 Å². The third-order valence-corrected chi connectivity index (χ3v) is 3.29. The summed E-state index contributed by atoms with van der Waals surface area (Å²) in [6.07, 6.45) is 2.82. The van der Waals surface area contributed by atoms with Crippen LogP contribution in [0.4, 0.5) is 0 Å². The van der Waals surface area contributed by atoms with E-state index >= 15 is 0 Å². The van der Waals surface area contributed by atoms with Gasteiger partial charge in [0.05, 0.1) is 0 Å². The maximum atomic E-state index is 12.0. The van der Waals surface area contributed by atoms with Gasteiger partial charge in [-0.1, -0.05) is 43.3 Å². The van der Waals surface area contributed by atoms with E-state index in [4.69, 9.17) is 0 Å². The van der Waals surface area contributed by atoms with Crippen molar-refractivity contribution in [3.63, 3.8) is 0 Å². The first-order valence-electron chi connectivity index (χ1n) is 6.67. The van der Waals surface area contributed by atoms with Crippen LogP contribution in [0.1, 0.15) is 23.7 Å². The van der Waals surface area contributed by atoms with E-state index in [0.717, 1.165) is 11.3 Å². The summed E-state index contributed by atoms with van der Waals surface area (Å²) in [4.78, 5) is 26.3. The number of aromatic amines is 1. The summed E-state index contributed by atoms with van der Waals surface area (Å²) in [7, 11) is 0. The number of rotatable bonds is 5. The lowest BCUT2D eigenvalue weighted by Gasteiger charge is -2.14. The maximum absolute atomic E-state index is 12.0. The van der Waals surface area contributed by atoms with E-state index in [1.165, 1.54) is 0 Å². The first kappa shape index (κ1) is 14.1. The number of benzene rings is 1. The van der Waals surface area contributed by atoms with Crippen LogP contribution < -0.4 is 11.2 Å². The highest BCUT2D eigenvalue weighted by atomic mass is 16.2. The summed E-state index contributed by atoms with van der Waals surface area (Å²) >= 11 is 0. The largest absolute Gasteiger partial charge is 0.328 e. The van der Waals surface area contributed by atoms with Crippen LogP contribution in [0.2, 0.25) is 0 Å². The summed E-state index contributed by atoms with van der Waals surface area (Å²) in [5.41, 5.74) is 1.84. The van der Waals surface area contributed by atoms with Crippen molar-refractivity contribution in [3.05, 3.63) is 80.6 Å². The Bertz CT molecular complexity index is 711. The van der Waals surface area contributed by atoms with Crippen molar-refractivity contribution in [1.29, 1.82) is 0 Å². The molecule has 0 amide bonds. The number of nitrogens with one attached hydrogen (secondary N) is 1. The average molecular weight is 270 g/mol. The van der Waals surface area contributed by atoms with Gasteiger partial charge in [-0.15, -0.1) is 6.58 Å². The van der Waals surface area contributed by atoms with E-state index in [0.29, 0.717) is 24.9 Å². The molecule has 0 bridgehead atoms. The van der Waals surface area contributed by atoms with Gasteiger partial charge in [0.2, 0.25) is 0 Å².